The van der Waals surface area contributed by atoms with Crippen molar-refractivity contribution in [2.24, 2.45) is 0 Å². The summed E-state index contributed by atoms with van der Waals surface area (Å²) < 4.78 is 4.79. The largest absolute Gasteiger partial charge is 0.308 e. The zero-order valence-electron chi connectivity index (χ0n) is 28.1. The Labute approximate surface area is 299 Å². The molecule has 0 unspecified atom stereocenters. The minimum absolute atomic E-state index is 0.947. The van der Waals surface area contributed by atoms with Crippen LogP contribution in [0, 0.1) is 0 Å². The van der Waals surface area contributed by atoms with E-state index in [1.807, 2.05) is 61.7 Å². The van der Waals surface area contributed by atoms with Crippen LogP contribution in [0.4, 0.5) is 0 Å². The molecule has 0 saturated heterocycles. The lowest BCUT2D eigenvalue weighted by molar-refractivity contribution is 0.944. The van der Waals surface area contributed by atoms with Crippen molar-refractivity contribution in [3.8, 4) is 44.8 Å². The van der Waals surface area contributed by atoms with E-state index in [4.69, 9.17) is 0 Å². The Balaban J connectivity index is 1.18. The molecule has 0 N–H and O–H groups in total. The second-order valence-electron chi connectivity index (χ2n) is 13.5. The molecule has 52 heavy (non-hydrogen) atoms. The van der Waals surface area contributed by atoms with Gasteiger partial charge in [0.2, 0.25) is 0 Å². The zero-order valence-corrected chi connectivity index (χ0v) is 28.1. The first-order valence-electron chi connectivity index (χ1n) is 17.6. The number of hydrogen-bond acceptors (Lipinski definition) is 4. The molecule has 10 aromatic rings. The van der Waals surface area contributed by atoms with Crippen molar-refractivity contribution in [2.45, 2.75) is 12.8 Å². The fraction of sp³-hybridized carbons (Fsp3) is 0.0435. The van der Waals surface area contributed by atoms with Gasteiger partial charge in [-0.25, -0.2) is 0 Å². The SMILES string of the molecule is c1cncc(-n2c3ccc(-c4ccncc4)cc3c3cc4c(cc32)-c2ccc3c5cc(-c6ccncc6)ccc5n(-c5cccnc5)c3c2CC4)c1. The molecule has 244 valence electrons. The second-order valence-corrected chi connectivity index (χ2v) is 13.5. The van der Waals surface area contributed by atoms with Crippen LogP contribution in [0.1, 0.15) is 11.1 Å². The van der Waals surface area contributed by atoms with Crippen LogP contribution in [0.5, 0.6) is 0 Å². The summed E-state index contributed by atoms with van der Waals surface area (Å²) in [5.41, 5.74) is 16.9. The predicted octanol–water partition coefficient (Wildman–Crippen LogP) is 10.6. The van der Waals surface area contributed by atoms with Crippen molar-refractivity contribution in [3.63, 3.8) is 0 Å². The molecule has 0 bridgehead atoms. The highest BCUT2D eigenvalue weighted by Crippen LogP contribution is 2.45. The highest BCUT2D eigenvalue weighted by molar-refractivity contribution is 6.15. The maximum absolute atomic E-state index is 4.55. The summed E-state index contributed by atoms with van der Waals surface area (Å²) in [7, 11) is 0. The monoisotopic (exact) mass is 666 g/mol. The third kappa shape index (κ3) is 4.31. The summed E-state index contributed by atoms with van der Waals surface area (Å²) in [4.78, 5) is 17.6. The Bertz CT molecular complexity index is 2930. The molecule has 1 aliphatic carbocycles. The highest BCUT2D eigenvalue weighted by atomic mass is 15.0. The molecule has 0 radical (unpaired) electrons. The van der Waals surface area contributed by atoms with Gasteiger partial charge in [0, 0.05) is 58.7 Å². The molecule has 0 fully saturated rings. The third-order valence-corrected chi connectivity index (χ3v) is 10.8. The van der Waals surface area contributed by atoms with Gasteiger partial charge in [0.1, 0.15) is 0 Å². The van der Waals surface area contributed by atoms with Crippen LogP contribution in [0.3, 0.4) is 0 Å². The zero-order chi connectivity index (χ0) is 34.2. The Kier molecular flexibility index (Phi) is 6.28. The van der Waals surface area contributed by atoms with Gasteiger partial charge in [-0.05, 0) is 142 Å². The van der Waals surface area contributed by atoms with Crippen molar-refractivity contribution in [2.75, 3.05) is 0 Å². The lowest BCUT2D eigenvalue weighted by atomic mass is 9.83. The van der Waals surface area contributed by atoms with Crippen LogP contribution in [-0.4, -0.2) is 29.1 Å². The van der Waals surface area contributed by atoms with Gasteiger partial charge < -0.3 is 9.13 Å². The summed E-state index contributed by atoms with van der Waals surface area (Å²) in [6.45, 7) is 0. The first kappa shape index (κ1) is 28.9. The Morgan fingerprint density at radius 2 is 1.00 bits per heavy atom. The van der Waals surface area contributed by atoms with Crippen LogP contribution >= 0.6 is 0 Å². The van der Waals surface area contributed by atoms with Gasteiger partial charge in [0.15, 0.2) is 0 Å². The second kappa shape index (κ2) is 11.3. The summed E-state index contributed by atoms with van der Waals surface area (Å²) in [6.07, 6.45) is 16.9. The number of pyridine rings is 4. The molecule has 0 aliphatic heterocycles. The number of hydrogen-bond donors (Lipinski definition) is 0. The lowest BCUT2D eigenvalue weighted by Crippen LogP contribution is -2.07. The Morgan fingerprint density at radius 3 is 1.63 bits per heavy atom. The van der Waals surface area contributed by atoms with Crippen LogP contribution in [0.2, 0.25) is 0 Å². The Morgan fingerprint density at radius 1 is 0.404 bits per heavy atom. The van der Waals surface area contributed by atoms with E-state index >= 15 is 0 Å². The fourth-order valence-electron chi connectivity index (χ4n) is 8.48. The Hall–Kier alpha value is -6.92. The average molecular weight is 667 g/mol. The van der Waals surface area contributed by atoms with E-state index in [1.54, 1.807) is 0 Å². The summed E-state index contributed by atoms with van der Waals surface area (Å²) >= 11 is 0. The van der Waals surface area contributed by atoms with Crippen LogP contribution in [0.25, 0.3) is 88.4 Å². The standard InChI is InChI=1S/C46H30N6/c1-3-34(27-49-17-1)51-43-11-6-32(30-15-21-48-22-16-30)24-41(43)42-25-33-5-8-37-36(39(33)26-45(42)51)9-10-38-40-23-31(29-13-19-47-20-14-29)7-12-44(40)52(46(37)38)35-4-2-18-50-28-35/h1-4,6-7,9-28H,5,8H2. The fourth-order valence-corrected chi connectivity index (χ4v) is 8.48. The molecule has 0 spiro atoms. The van der Waals surface area contributed by atoms with Crippen molar-refractivity contribution in [1.82, 2.24) is 29.1 Å². The first-order chi connectivity index (χ1) is 25.8. The van der Waals surface area contributed by atoms with Gasteiger partial charge >= 0.3 is 0 Å². The third-order valence-electron chi connectivity index (χ3n) is 10.8. The van der Waals surface area contributed by atoms with Gasteiger partial charge in [-0.3, -0.25) is 19.9 Å². The number of aromatic nitrogens is 6. The molecule has 1 aliphatic rings. The molecule has 4 aromatic carbocycles. The van der Waals surface area contributed by atoms with E-state index in [1.165, 1.54) is 77.0 Å². The van der Waals surface area contributed by atoms with E-state index < -0.39 is 0 Å². The van der Waals surface area contributed by atoms with Crippen LogP contribution in [-0.2, 0) is 12.8 Å². The van der Waals surface area contributed by atoms with Gasteiger partial charge in [-0.15, -0.1) is 0 Å². The van der Waals surface area contributed by atoms with Crippen molar-refractivity contribution in [1.29, 1.82) is 0 Å². The van der Waals surface area contributed by atoms with Crippen molar-refractivity contribution in [3.05, 3.63) is 170 Å². The first-order valence-corrected chi connectivity index (χ1v) is 17.6. The van der Waals surface area contributed by atoms with Crippen molar-refractivity contribution >= 4 is 43.6 Å². The maximum Gasteiger partial charge on any atom is 0.0645 e. The predicted molar refractivity (Wildman–Crippen MR) is 210 cm³/mol. The van der Waals surface area contributed by atoms with E-state index in [2.05, 4.69) is 126 Å². The number of rotatable bonds is 4. The van der Waals surface area contributed by atoms with Crippen molar-refractivity contribution < 1.29 is 0 Å². The molecular weight excluding hydrogens is 637 g/mol. The number of fused-ring (bicyclic) bond motifs is 10. The summed E-state index contributed by atoms with van der Waals surface area (Å²) in [6, 6.07) is 39.8. The van der Waals surface area contributed by atoms with E-state index in [0.717, 1.165) is 35.3 Å². The normalized spacial score (nSPS) is 12.5. The molecule has 0 saturated carbocycles. The van der Waals surface area contributed by atoms with E-state index in [9.17, 15) is 0 Å². The minimum Gasteiger partial charge on any atom is -0.308 e. The molecule has 6 aromatic heterocycles. The number of benzene rings is 4. The highest BCUT2D eigenvalue weighted by Gasteiger charge is 2.25. The molecule has 11 rings (SSSR count). The quantitative estimate of drug-likeness (QED) is 0.188. The molecule has 0 amide bonds. The van der Waals surface area contributed by atoms with Gasteiger partial charge in [-0.1, -0.05) is 24.3 Å². The number of aryl methyl sites for hydroxylation is 2. The molecule has 6 nitrogen and oxygen atoms in total. The maximum atomic E-state index is 4.55. The van der Waals surface area contributed by atoms with E-state index in [0.29, 0.717) is 0 Å². The summed E-state index contributed by atoms with van der Waals surface area (Å²) in [5, 5.41) is 4.98. The van der Waals surface area contributed by atoms with Gasteiger partial charge in [-0.2, -0.15) is 0 Å². The topological polar surface area (TPSA) is 61.4 Å². The number of nitrogens with zero attached hydrogens (tertiary/aromatic N) is 6. The van der Waals surface area contributed by atoms with Crippen LogP contribution in [0.15, 0.2) is 159 Å². The average Bonchev–Trinajstić information content (AvgIpc) is 3.73. The molecular formula is C46H30N6. The van der Waals surface area contributed by atoms with E-state index in [-0.39, 0.29) is 0 Å². The van der Waals surface area contributed by atoms with Gasteiger partial charge in [0.25, 0.3) is 0 Å². The van der Waals surface area contributed by atoms with Crippen LogP contribution < -0.4 is 0 Å². The molecule has 6 heterocycles. The lowest BCUT2D eigenvalue weighted by Gasteiger charge is -2.23. The minimum atomic E-state index is 0.947. The molecule has 6 heteroatoms. The summed E-state index contributed by atoms with van der Waals surface area (Å²) in [5.74, 6) is 0. The molecule has 0 atom stereocenters. The smallest absolute Gasteiger partial charge is 0.0645 e. The van der Waals surface area contributed by atoms with Gasteiger partial charge in [0.05, 0.1) is 45.8 Å².